The van der Waals surface area contributed by atoms with E-state index in [1.165, 1.54) is 19.2 Å². The number of amides is 3. The molecule has 2 rings (SSSR count). The van der Waals surface area contributed by atoms with Gasteiger partial charge in [0.05, 0.1) is 0 Å². The third kappa shape index (κ3) is 4.63. The van der Waals surface area contributed by atoms with Gasteiger partial charge in [-0.1, -0.05) is 12.1 Å². The number of nitrogens with two attached hydrogens (primary N) is 1. The number of carbonyl (C=O) groups is 3. The van der Waals surface area contributed by atoms with Gasteiger partial charge in [0.15, 0.2) is 0 Å². The zero-order valence-corrected chi connectivity index (χ0v) is 12.5. The summed E-state index contributed by atoms with van der Waals surface area (Å²) in [6.45, 7) is 1.67. The number of nitrogens with zero attached hydrogens (tertiary/aromatic N) is 1. The van der Waals surface area contributed by atoms with Crippen LogP contribution in [0, 0.1) is 0 Å². The van der Waals surface area contributed by atoms with Crippen LogP contribution in [0.25, 0.3) is 0 Å². The fourth-order valence-electron chi connectivity index (χ4n) is 1.89. The number of carbonyl (C=O) groups excluding carboxylic acids is 3. The van der Waals surface area contributed by atoms with Gasteiger partial charge in [-0.15, -0.1) is 0 Å². The zero-order chi connectivity index (χ0) is 16.8. The second-order valence-electron chi connectivity index (χ2n) is 4.85. The third-order valence-electron chi connectivity index (χ3n) is 3.02. The summed E-state index contributed by atoms with van der Waals surface area (Å²) in [7, 11) is 0. The summed E-state index contributed by atoms with van der Waals surface area (Å²) in [5.74, 6) is -0.735. The highest BCUT2D eigenvalue weighted by Gasteiger charge is 2.08. The monoisotopic (exact) mass is 312 g/mol. The number of rotatable bonds is 5. The summed E-state index contributed by atoms with van der Waals surface area (Å²) in [4.78, 5) is 38.0. The predicted molar refractivity (Wildman–Crippen MR) is 84.7 cm³/mol. The molecule has 1 aromatic carbocycles. The summed E-state index contributed by atoms with van der Waals surface area (Å²) in [6, 6.07) is 9.69. The summed E-state index contributed by atoms with van der Waals surface area (Å²) >= 11 is 0. The first-order valence-corrected chi connectivity index (χ1v) is 6.86. The zero-order valence-electron chi connectivity index (χ0n) is 12.5. The molecule has 0 saturated carbocycles. The average Bonchev–Trinajstić information content (AvgIpc) is 2.52. The lowest BCUT2D eigenvalue weighted by molar-refractivity contribution is -0.114. The van der Waals surface area contributed by atoms with E-state index in [0.29, 0.717) is 23.5 Å². The van der Waals surface area contributed by atoms with Crippen LogP contribution in [0.1, 0.15) is 33.2 Å². The molecule has 0 saturated heterocycles. The Labute approximate surface area is 132 Å². The van der Waals surface area contributed by atoms with E-state index in [2.05, 4.69) is 15.6 Å². The van der Waals surface area contributed by atoms with Crippen LogP contribution < -0.4 is 16.4 Å². The van der Waals surface area contributed by atoms with Crippen molar-refractivity contribution in [1.82, 2.24) is 10.3 Å². The molecule has 0 aliphatic rings. The van der Waals surface area contributed by atoms with Crippen LogP contribution in [-0.2, 0) is 11.3 Å². The van der Waals surface area contributed by atoms with Crippen molar-refractivity contribution >= 4 is 23.5 Å². The largest absolute Gasteiger partial charge is 0.366 e. The number of benzene rings is 1. The normalized spacial score (nSPS) is 9.96. The van der Waals surface area contributed by atoms with Crippen LogP contribution in [0.3, 0.4) is 0 Å². The molecule has 7 nitrogen and oxygen atoms in total. The molecular weight excluding hydrogens is 296 g/mol. The van der Waals surface area contributed by atoms with Crippen molar-refractivity contribution in [1.29, 1.82) is 0 Å². The van der Waals surface area contributed by atoms with Gasteiger partial charge in [-0.3, -0.25) is 14.4 Å². The minimum absolute atomic E-state index is 0.260. The molecule has 0 fully saturated rings. The van der Waals surface area contributed by atoms with Gasteiger partial charge < -0.3 is 16.4 Å². The summed E-state index contributed by atoms with van der Waals surface area (Å²) in [5, 5.41) is 5.27. The van der Waals surface area contributed by atoms with Gasteiger partial charge in [0.1, 0.15) is 5.82 Å². The van der Waals surface area contributed by atoms with Crippen molar-refractivity contribution in [2.45, 2.75) is 13.5 Å². The molecular formula is C16H16N4O3. The minimum Gasteiger partial charge on any atom is -0.366 e. The molecule has 0 unspecified atom stereocenters. The van der Waals surface area contributed by atoms with Crippen LogP contribution in [0.15, 0.2) is 42.6 Å². The molecule has 3 amide bonds. The molecule has 0 aliphatic heterocycles. The van der Waals surface area contributed by atoms with Crippen LogP contribution >= 0.6 is 0 Å². The van der Waals surface area contributed by atoms with E-state index in [-0.39, 0.29) is 11.8 Å². The van der Waals surface area contributed by atoms with E-state index < -0.39 is 5.91 Å². The van der Waals surface area contributed by atoms with Crippen LogP contribution in [0.5, 0.6) is 0 Å². The molecule has 1 heterocycles. The number of hydrogen-bond acceptors (Lipinski definition) is 4. The highest BCUT2D eigenvalue weighted by Crippen LogP contribution is 2.08. The van der Waals surface area contributed by atoms with Crippen LogP contribution in [0.4, 0.5) is 5.82 Å². The van der Waals surface area contributed by atoms with Gasteiger partial charge in [0.2, 0.25) is 11.8 Å². The SMILES string of the molecule is CC(=O)Nc1cc(C(=O)NCc2ccc(C(N)=O)cc2)ccn1. The Morgan fingerprint density at radius 2 is 1.78 bits per heavy atom. The smallest absolute Gasteiger partial charge is 0.251 e. The Balaban J connectivity index is 1.99. The highest BCUT2D eigenvalue weighted by molar-refractivity contribution is 5.96. The first-order valence-electron chi connectivity index (χ1n) is 6.86. The fraction of sp³-hybridized carbons (Fsp3) is 0.125. The van der Waals surface area contributed by atoms with E-state index in [1.807, 2.05) is 0 Å². The fourth-order valence-corrected chi connectivity index (χ4v) is 1.89. The van der Waals surface area contributed by atoms with Crippen molar-refractivity contribution in [3.05, 3.63) is 59.3 Å². The first-order chi connectivity index (χ1) is 11.0. The summed E-state index contributed by atoms with van der Waals surface area (Å²) in [5.41, 5.74) is 6.80. The van der Waals surface area contributed by atoms with Gasteiger partial charge in [0, 0.05) is 30.8 Å². The molecule has 1 aromatic heterocycles. The second-order valence-corrected chi connectivity index (χ2v) is 4.85. The quantitative estimate of drug-likeness (QED) is 0.766. The molecule has 0 bridgehead atoms. The molecule has 23 heavy (non-hydrogen) atoms. The maximum atomic E-state index is 12.1. The Kier molecular flexibility index (Phi) is 5.03. The van der Waals surface area contributed by atoms with Gasteiger partial charge in [-0.25, -0.2) is 4.98 Å². The van der Waals surface area contributed by atoms with E-state index in [1.54, 1.807) is 30.3 Å². The molecule has 0 aliphatic carbocycles. The van der Waals surface area contributed by atoms with Gasteiger partial charge in [-0.2, -0.15) is 0 Å². The molecule has 118 valence electrons. The minimum atomic E-state index is -0.497. The Bertz CT molecular complexity index is 741. The Morgan fingerprint density at radius 3 is 2.39 bits per heavy atom. The second kappa shape index (κ2) is 7.17. The Morgan fingerprint density at radius 1 is 1.09 bits per heavy atom. The molecule has 0 spiro atoms. The van der Waals surface area contributed by atoms with Crippen molar-refractivity contribution in [2.24, 2.45) is 5.73 Å². The van der Waals surface area contributed by atoms with Crippen molar-refractivity contribution in [2.75, 3.05) is 5.32 Å². The van der Waals surface area contributed by atoms with Crippen LogP contribution in [0.2, 0.25) is 0 Å². The van der Waals surface area contributed by atoms with Crippen molar-refractivity contribution in [3.63, 3.8) is 0 Å². The number of primary amides is 1. The Hall–Kier alpha value is -3.22. The number of nitrogens with one attached hydrogen (secondary N) is 2. The van der Waals surface area contributed by atoms with Crippen molar-refractivity contribution in [3.8, 4) is 0 Å². The lowest BCUT2D eigenvalue weighted by atomic mass is 10.1. The van der Waals surface area contributed by atoms with Gasteiger partial charge in [0.25, 0.3) is 5.91 Å². The number of aromatic nitrogens is 1. The number of anilines is 1. The van der Waals surface area contributed by atoms with Gasteiger partial charge in [-0.05, 0) is 29.8 Å². The van der Waals surface area contributed by atoms with E-state index >= 15 is 0 Å². The summed E-state index contributed by atoms with van der Waals surface area (Å²) in [6.07, 6.45) is 1.45. The highest BCUT2D eigenvalue weighted by atomic mass is 16.2. The maximum absolute atomic E-state index is 12.1. The number of hydrogen-bond donors (Lipinski definition) is 3. The molecule has 4 N–H and O–H groups in total. The van der Waals surface area contributed by atoms with Crippen molar-refractivity contribution < 1.29 is 14.4 Å². The lowest BCUT2D eigenvalue weighted by Gasteiger charge is -2.07. The maximum Gasteiger partial charge on any atom is 0.251 e. The van der Waals surface area contributed by atoms with E-state index in [0.717, 1.165) is 5.56 Å². The third-order valence-corrected chi connectivity index (χ3v) is 3.02. The molecule has 7 heteroatoms. The molecule has 0 atom stereocenters. The first kappa shape index (κ1) is 16.2. The summed E-state index contributed by atoms with van der Waals surface area (Å²) < 4.78 is 0. The van der Waals surface area contributed by atoms with E-state index in [4.69, 9.17) is 5.73 Å². The van der Waals surface area contributed by atoms with Crippen LogP contribution in [-0.4, -0.2) is 22.7 Å². The average molecular weight is 312 g/mol. The predicted octanol–water partition coefficient (Wildman–Crippen LogP) is 1.07. The van der Waals surface area contributed by atoms with E-state index in [9.17, 15) is 14.4 Å². The molecule has 0 radical (unpaired) electrons. The lowest BCUT2D eigenvalue weighted by Crippen LogP contribution is -2.23. The topological polar surface area (TPSA) is 114 Å². The van der Waals surface area contributed by atoms with Gasteiger partial charge >= 0.3 is 0 Å². The number of pyridine rings is 1. The standard InChI is InChI=1S/C16H16N4O3/c1-10(21)20-14-8-13(6-7-18-14)16(23)19-9-11-2-4-12(5-3-11)15(17)22/h2-8H,9H2,1H3,(H2,17,22)(H,19,23)(H,18,20,21). The molecule has 2 aromatic rings.